The van der Waals surface area contributed by atoms with Crippen LogP contribution in [0, 0.1) is 5.41 Å². The molecule has 0 fully saturated rings. The number of fused-ring (bicyclic) bond motifs is 1. The number of nitrogens with zero attached hydrogens (tertiary/aromatic N) is 1. The third kappa shape index (κ3) is 3.08. The highest BCUT2D eigenvalue weighted by Gasteiger charge is 2.34. The minimum absolute atomic E-state index is 0.0716. The average Bonchev–Trinajstić information content (AvgIpc) is 2.57. The molecule has 1 aromatic carbocycles. The van der Waals surface area contributed by atoms with E-state index in [9.17, 15) is 5.11 Å². The summed E-state index contributed by atoms with van der Waals surface area (Å²) in [5.74, 6) is 1.16. The average molecular weight is 265 g/mol. The number of hydrogen-bond donors (Lipinski definition) is 3. The van der Waals surface area contributed by atoms with Crippen LogP contribution in [0.25, 0.3) is 0 Å². The van der Waals surface area contributed by atoms with Crippen molar-refractivity contribution in [1.29, 1.82) is 5.41 Å². The van der Waals surface area contributed by atoms with Crippen LogP contribution in [0.15, 0.2) is 24.3 Å². The molecule has 104 valence electrons. The fourth-order valence-electron chi connectivity index (χ4n) is 1.97. The maximum absolute atomic E-state index is 10.5. The van der Waals surface area contributed by atoms with E-state index in [4.69, 9.17) is 20.6 Å². The highest BCUT2D eigenvalue weighted by molar-refractivity contribution is 5.74. The smallest absolute Gasteiger partial charge is 0.188 e. The number of para-hydroxylation sites is 2. The molecule has 6 heteroatoms. The van der Waals surface area contributed by atoms with Crippen LogP contribution >= 0.6 is 0 Å². The first-order chi connectivity index (χ1) is 9.04. The summed E-state index contributed by atoms with van der Waals surface area (Å²) in [7, 11) is 0. The normalized spacial score (nSPS) is 16.5. The van der Waals surface area contributed by atoms with Gasteiger partial charge in [0.15, 0.2) is 17.5 Å². The molecular formula is C13H19N3O3. The van der Waals surface area contributed by atoms with Crippen molar-refractivity contribution < 1.29 is 14.6 Å². The molecule has 4 N–H and O–H groups in total. The Morgan fingerprint density at radius 1 is 1.37 bits per heavy atom. The van der Waals surface area contributed by atoms with Crippen molar-refractivity contribution >= 4 is 5.96 Å². The molecular weight excluding hydrogens is 246 g/mol. The Morgan fingerprint density at radius 3 is 2.32 bits per heavy atom. The number of benzene rings is 1. The summed E-state index contributed by atoms with van der Waals surface area (Å²) in [5, 5.41) is 18.0. The van der Waals surface area contributed by atoms with Gasteiger partial charge in [-0.1, -0.05) is 12.1 Å². The highest BCUT2D eigenvalue weighted by Crippen LogP contribution is 2.30. The number of nitrogens with two attached hydrogens (primary N) is 1. The summed E-state index contributed by atoms with van der Waals surface area (Å²) in [6.45, 7) is 2.83. The van der Waals surface area contributed by atoms with Crippen molar-refractivity contribution in [3.05, 3.63) is 24.3 Å². The molecule has 0 unspecified atom stereocenters. The van der Waals surface area contributed by atoms with Crippen molar-refractivity contribution in [2.24, 2.45) is 5.73 Å². The monoisotopic (exact) mass is 265 g/mol. The number of nitrogens with one attached hydrogen (secondary N) is 1. The van der Waals surface area contributed by atoms with Crippen LogP contribution in [0.4, 0.5) is 0 Å². The largest absolute Gasteiger partial charge is 0.486 e. The lowest BCUT2D eigenvalue weighted by Gasteiger charge is -2.31. The number of guanidine groups is 1. The van der Waals surface area contributed by atoms with Gasteiger partial charge in [0.1, 0.15) is 18.8 Å². The molecule has 0 aliphatic carbocycles. The van der Waals surface area contributed by atoms with Gasteiger partial charge in [-0.2, -0.15) is 0 Å². The van der Waals surface area contributed by atoms with Gasteiger partial charge in [-0.15, -0.1) is 0 Å². The Hall–Kier alpha value is -1.95. The molecule has 0 amide bonds. The number of rotatable bonds is 3. The van der Waals surface area contributed by atoms with Crippen LogP contribution in [-0.4, -0.2) is 47.9 Å². The summed E-state index contributed by atoms with van der Waals surface area (Å²) < 4.78 is 11.2. The van der Waals surface area contributed by atoms with Crippen molar-refractivity contribution in [3.8, 4) is 11.5 Å². The number of hydrogen-bond acceptors (Lipinski definition) is 4. The molecule has 0 bridgehead atoms. The van der Waals surface area contributed by atoms with Gasteiger partial charge in [-0.25, -0.2) is 0 Å². The Bertz CT molecular complexity index is 437. The Labute approximate surface area is 112 Å². The molecule has 0 radical (unpaired) electrons. The molecule has 0 saturated carbocycles. The Kier molecular flexibility index (Phi) is 3.80. The Balaban J connectivity index is 2.09. The standard InChI is InChI=1S/C13H19N3O3/c1-2-16(12(14)15)7-13(17)8-18-10-5-3-4-6-11(10)19-9-13/h3-6,17H,2,7-9H2,1H3,(H3,14,15). The van der Waals surface area contributed by atoms with E-state index in [1.54, 1.807) is 17.0 Å². The fraction of sp³-hybridized carbons (Fsp3) is 0.462. The topological polar surface area (TPSA) is 91.8 Å². The number of ether oxygens (including phenoxy) is 2. The second-order valence-corrected chi connectivity index (χ2v) is 4.65. The minimum Gasteiger partial charge on any atom is -0.486 e. The molecule has 1 aliphatic heterocycles. The SMILES string of the molecule is CCN(CC1(O)COc2ccccc2OC1)C(=N)N. The third-order valence-corrected chi connectivity index (χ3v) is 3.05. The lowest BCUT2D eigenvalue weighted by Crippen LogP contribution is -2.53. The first-order valence-corrected chi connectivity index (χ1v) is 6.20. The van der Waals surface area contributed by atoms with Crippen LogP contribution < -0.4 is 15.2 Å². The van der Waals surface area contributed by atoms with E-state index < -0.39 is 5.60 Å². The van der Waals surface area contributed by atoms with Crippen LogP contribution in [0.2, 0.25) is 0 Å². The molecule has 2 rings (SSSR count). The van der Waals surface area contributed by atoms with Gasteiger partial charge in [0, 0.05) is 6.54 Å². The van der Waals surface area contributed by atoms with Gasteiger partial charge in [-0.3, -0.25) is 5.41 Å². The van der Waals surface area contributed by atoms with E-state index >= 15 is 0 Å². The van der Waals surface area contributed by atoms with Gasteiger partial charge >= 0.3 is 0 Å². The van der Waals surface area contributed by atoms with E-state index in [2.05, 4.69) is 0 Å². The zero-order chi connectivity index (χ0) is 13.9. The number of aliphatic hydroxyl groups is 1. The maximum Gasteiger partial charge on any atom is 0.188 e. The second kappa shape index (κ2) is 5.36. The molecule has 19 heavy (non-hydrogen) atoms. The van der Waals surface area contributed by atoms with Crippen LogP contribution in [-0.2, 0) is 0 Å². The van der Waals surface area contributed by atoms with Crippen LogP contribution in [0.3, 0.4) is 0 Å². The lowest BCUT2D eigenvalue weighted by molar-refractivity contribution is -0.0407. The molecule has 6 nitrogen and oxygen atoms in total. The second-order valence-electron chi connectivity index (χ2n) is 4.65. The van der Waals surface area contributed by atoms with E-state index in [1.165, 1.54) is 0 Å². The summed E-state index contributed by atoms with van der Waals surface area (Å²) >= 11 is 0. The van der Waals surface area contributed by atoms with Gasteiger partial charge in [0.2, 0.25) is 0 Å². The van der Waals surface area contributed by atoms with Crippen molar-refractivity contribution in [3.63, 3.8) is 0 Å². The molecule has 1 aromatic rings. The van der Waals surface area contributed by atoms with Crippen LogP contribution in [0.5, 0.6) is 11.5 Å². The molecule has 0 aromatic heterocycles. The first kappa shape index (κ1) is 13.5. The third-order valence-electron chi connectivity index (χ3n) is 3.05. The molecule has 0 spiro atoms. The fourth-order valence-corrected chi connectivity index (χ4v) is 1.97. The predicted octanol–water partition coefficient (Wildman–Crippen LogP) is 0.404. The quantitative estimate of drug-likeness (QED) is 0.543. The summed E-state index contributed by atoms with van der Waals surface area (Å²) in [5.41, 5.74) is 4.27. The highest BCUT2D eigenvalue weighted by atomic mass is 16.6. The van der Waals surface area contributed by atoms with Crippen molar-refractivity contribution in [1.82, 2.24) is 4.90 Å². The van der Waals surface area contributed by atoms with Gasteiger partial charge in [0.05, 0.1) is 6.54 Å². The molecule has 1 aliphatic rings. The van der Waals surface area contributed by atoms with Crippen LogP contribution in [0.1, 0.15) is 6.92 Å². The number of likely N-dealkylation sites (N-methyl/N-ethyl adjacent to an activating group) is 1. The molecule has 0 atom stereocenters. The zero-order valence-corrected chi connectivity index (χ0v) is 10.9. The van der Waals surface area contributed by atoms with E-state index in [0.29, 0.717) is 18.0 Å². The first-order valence-electron chi connectivity index (χ1n) is 6.20. The minimum atomic E-state index is -1.19. The van der Waals surface area contributed by atoms with E-state index in [0.717, 1.165) is 0 Å². The predicted molar refractivity (Wildman–Crippen MR) is 71.5 cm³/mol. The summed E-state index contributed by atoms with van der Waals surface area (Å²) in [6.07, 6.45) is 0. The zero-order valence-electron chi connectivity index (χ0n) is 10.9. The molecule has 0 saturated heterocycles. The summed E-state index contributed by atoms with van der Waals surface area (Å²) in [6, 6.07) is 7.29. The molecule has 1 heterocycles. The van der Waals surface area contributed by atoms with Crippen molar-refractivity contribution in [2.45, 2.75) is 12.5 Å². The van der Waals surface area contributed by atoms with Gasteiger partial charge < -0.3 is 25.2 Å². The van der Waals surface area contributed by atoms with Gasteiger partial charge in [-0.05, 0) is 19.1 Å². The van der Waals surface area contributed by atoms with E-state index in [1.807, 2.05) is 19.1 Å². The maximum atomic E-state index is 10.5. The van der Waals surface area contributed by atoms with Gasteiger partial charge in [0.25, 0.3) is 0 Å². The Morgan fingerprint density at radius 2 is 1.89 bits per heavy atom. The van der Waals surface area contributed by atoms with Crippen molar-refractivity contribution in [2.75, 3.05) is 26.3 Å². The van der Waals surface area contributed by atoms with E-state index in [-0.39, 0.29) is 25.7 Å². The lowest BCUT2D eigenvalue weighted by atomic mass is 10.1. The summed E-state index contributed by atoms with van der Waals surface area (Å²) in [4.78, 5) is 1.57.